The molecule has 0 spiro atoms. The fourth-order valence-electron chi connectivity index (χ4n) is 1.76. The van der Waals surface area contributed by atoms with Crippen molar-refractivity contribution in [3.63, 3.8) is 0 Å². The summed E-state index contributed by atoms with van der Waals surface area (Å²) in [5, 5.41) is 9.42. The minimum Gasteiger partial charge on any atom is -0.333 e. The molecule has 2 aromatic rings. The second-order valence-electron chi connectivity index (χ2n) is 4.03. The van der Waals surface area contributed by atoms with Crippen LogP contribution < -0.4 is 0 Å². The first-order valence-corrected chi connectivity index (χ1v) is 5.76. The Labute approximate surface area is 105 Å². The third-order valence-corrected chi connectivity index (χ3v) is 2.95. The quantitative estimate of drug-likeness (QED) is 0.902. The molecule has 0 aliphatic rings. The molecule has 1 atom stereocenters. The zero-order valence-corrected chi connectivity index (χ0v) is 10.2. The first kappa shape index (κ1) is 11.7. The van der Waals surface area contributed by atoms with Crippen LogP contribution in [0, 0.1) is 11.3 Å². The Kier molecular flexibility index (Phi) is 3.46. The summed E-state index contributed by atoms with van der Waals surface area (Å²) in [5.74, 6) is 0.725. The van der Waals surface area contributed by atoms with E-state index in [4.69, 9.17) is 16.9 Å². The average Bonchev–Trinajstić information content (AvgIpc) is 2.77. The molecule has 0 aliphatic carbocycles. The molecular weight excluding hydrogens is 234 g/mol. The summed E-state index contributed by atoms with van der Waals surface area (Å²) >= 11 is 5.85. The highest BCUT2D eigenvalue weighted by molar-refractivity contribution is 6.30. The van der Waals surface area contributed by atoms with Crippen LogP contribution >= 0.6 is 11.6 Å². The van der Waals surface area contributed by atoms with Gasteiger partial charge in [-0.3, -0.25) is 0 Å². The maximum Gasteiger partial charge on any atom is 0.210 e. The Bertz CT molecular complexity index is 537. The number of aromatic nitrogens is 2. The molecule has 3 nitrogen and oxygen atoms in total. The van der Waals surface area contributed by atoms with E-state index < -0.39 is 0 Å². The number of halogens is 1. The molecule has 0 amide bonds. The number of hydrogen-bond donors (Lipinski definition) is 1. The molecule has 86 valence electrons. The lowest BCUT2D eigenvalue weighted by Crippen LogP contribution is -1.98. The molecule has 0 fully saturated rings. The third kappa shape index (κ3) is 2.86. The Hall–Kier alpha value is -1.79. The van der Waals surface area contributed by atoms with Gasteiger partial charge in [0, 0.05) is 16.9 Å². The maximum atomic E-state index is 8.67. The molecule has 4 heteroatoms. The number of imidazole rings is 1. The van der Waals surface area contributed by atoms with Gasteiger partial charge >= 0.3 is 0 Å². The van der Waals surface area contributed by atoms with Gasteiger partial charge in [0.15, 0.2) is 0 Å². The highest BCUT2D eigenvalue weighted by Gasteiger charge is 2.08. The lowest BCUT2D eigenvalue weighted by molar-refractivity contribution is 0.744. The Morgan fingerprint density at radius 1 is 1.41 bits per heavy atom. The lowest BCUT2D eigenvalue weighted by atomic mass is 9.97. The lowest BCUT2D eigenvalue weighted by Gasteiger charge is -2.10. The second-order valence-corrected chi connectivity index (χ2v) is 4.46. The minimum absolute atomic E-state index is 0.360. The number of aromatic amines is 1. The highest BCUT2D eigenvalue weighted by atomic mass is 35.5. The third-order valence-electron chi connectivity index (χ3n) is 2.70. The van der Waals surface area contributed by atoms with Crippen LogP contribution in [0.15, 0.2) is 30.5 Å². The molecule has 1 N–H and O–H groups in total. The van der Waals surface area contributed by atoms with Crippen LogP contribution in [0.3, 0.4) is 0 Å². The summed E-state index contributed by atoms with van der Waals surface area (Å²) in [4.78, 5) is 6.93. The van der Waals surface area contributed by atoms with E-state index in [1.54, 1.807) is 6.20 Å². The number of H-pyrrole nitrogens is 1. The van der Waals surface area contributed by atoms with Crippen LogP contribution in [-0.4, -0.2) is 9.97 Å². The van der Waals surface area contributed by atoms with Crippen LogP contribution in [0.4, 0.5) is 0 Å². The van der Waals surface area contributed by atoms with E-state index in [1.165, 1.54) is 5.56 Å². The number of nitriles is 1. The van der Waals surface area contributed by atoms with Crippen molar-refractivity contribution in [2.75, 3.05) is 0 Å². The van der Waals surface area contributed by atoms with Crippen molar-refractivity contribution in [2.45, 2.75) is 19.3 Å². The zero-order valence-electron chi connectivity index (χ0n) is 9.44. The molecule has 1 unspecified atom stereocenters. The van der Waals surface area contributed by atoms with Crippen molar-refractivity contribution in [2.24, 2.45) is 0 Å². The topological polar surface area (TPSA) is 52.5 Å². The molecule has 17 heavy (non-hydrogen) atoms. The Morgan fingerprint density at radius 3 is 2.71 bits per heavy atom. The van der Waals surface area contributed by atoms with Gasteiger partial charge < -0.3 is 4.98 Å². The zero-order chi connectivity index (χ0) is 12.3. The summed E-state index contributed by atoms with van der Waals surface area (Å²) < 4.78 is 0. The van der Waals surface area contributed by atoms with E-state index in [1.807, 2.05) is 30.3 Å². The number of rotatable bonds is 3. The van der Waals surface area contributed by atoms with E-state index >= 15 is 0 Å². The van der Waals surface area contributed by atoms with Gasteiger partial charge in [0.05, 0.1) is 0 Å². The monoisotopic (exact) mass is 245 g/mol. The van der Waals surface area contributed by atoms with E-state index in [0.717, 1.165) is 17.1 Å². The molecular formula is C13H12ClN3. The summed E-state index contributed by atoms with van der Waals surface area (Å²) in [6.07, 6.45) is 2.54. The van der Waals surface area contributed by atoms with Gasteiger partial charge in [0.2, 0.25) is 5.82 Å². The summed E-state index contributed by atoms with van der Waals surface area (Å²) in [7, 11) is 0. The van der Waals surface area contributed by atoms with E-state index in [0.29, 0.717) is 11.7 Å². The van der Waals surface area contributed by atoms with Gasteiger partial charge in [0.1, 0.15) is 6.07 Å². The van der Waals surface area contributed by atoms with Gasteiger partial charge in [-0.15, -0.1) is 0 Å². The van der Waals surface area contributed by atoms with Gasteiger partial charge in [-0.25, -0.2) is 4.98 Å². The van der Waals surface area contributed by atoms with Gasteiger partial charge in [-0.1, -0.05) is 30.7 Å². The molecule has 0 saturated heterocycles. The first-order valence-electron chi connectivity index (χ1n) is 5.38. The van der Waals surface area contributed by atoms with Crippen LogP contribution in [-0.2, 0) is 6.42 Å². The van der Waals surface area contributed by atoms with E-state index in [-0.39, 0.29) is 0 Å². The molecule has 0 aliphatic heterocycles. The molecule has 0 saturated carbocycles. The summed E-state index contributed by atoms with van der Waals surface area (Å²) in [5.41, 5.74) is 2.20. The van der Waals surface area contributed by atoms with Gasteiger partial charge in [0.25, 0.3) is 0 Å². The molecule has 2 rings (SSSR count). The Morgan fingerprint density at radius 2 is 2.12 bits per heavy atom. The fraction of sp³-hybridized carbons (Fsp3) is 0.231. The van der Waals surface area contributed by atoms with Crippen molar-refractivity contribution in [3.05, 3.63) is 52.6 Å². The predicted octanol–water partition coefficient (Wildman–Crippen LogP) is 3.28. The number of hydrogen-bond acceptors (Lipinski definition) is 2. The van der Waals surface area contributed by atoms with Crippen LogP contribution in [0.1, 0.15) is 29.9 Å². The Balaban J connectivity index is 2.08. The molecule has 0 bridgehead atoms. The van der Waals surface area contributed by atoms with Crippen molar-refractivity contribution >= 4 is 11.6 Å². The van der Waals surface area contributed by atoms with Gasteiger partial charge in [-0.2, -0.15) is 5.26 Å². The summed E-state index contributed by atoms with van der Waals surface area (Å²) in [6, 6.07) is 9.81. The SMILES string of the molecule is CC(Cc1cnc(C#N)[nH]1)c1ccc(Cl)cc1. The number of nitrogens with zero attached hydrogens (tertiary/aromatic N) is 2. The van der Waals surface area contributed by atoms with Crippen molar-refractivity contribution in [1.29, 1.82) is 5.26 Å². The smallest absolute Gasteiger partial charge is 0.210 e. The number of nitrogens with one attached hydrogen (secondary N) is 1. The van der Waals surface area contributed by atoms with Crippen molar-refractivity contribution in [3.8, 4) is 6.07 Å². The number of benzene rings is 1. The van der Waals surface area contributed by atoms with E-state index in [9.17, 15) is 0 Å². The molecule has 1 aromatic heterocycles. The van der Waals surface area contributed by atoms with Crippen molar-refractivity contribution in [1.82, 2.24) is 9.97 Å². The largest absolute Gasteiger partial charge is 0.333 e. The van der Waals surface area contributed by atoms with Crippen LogP contribution in [0.5, 0.6) is 0 Å². The first-order chi connectivity index (χ1) is 8.19. The van der Waals surface area contributed by atoms with Crippen molar-refractivity contribution < 1.29 is 0 Å². The van der Waals surface area contributed by atoms with Crippen LogP contribution in [0.25, 0.3) is 0 Å². The minimum atomic E-state index is 0.360. The summed E-state index contributed by atoms with van der Waals surface area (Å²) in [6.45, 7) is 2.14. The molecule has 0 radical (unpaired) electrons. The van der Waals surface area contributed by atoms with Crippen LogP contribution in [0.2, 0.25) is 5.02 Å². The standard InChI is InChI=1S/C13H12ClN3/c1-9(10-2-4-11(14)5-3-10)6-12-8-16-13(7-15)17-12/h2-5,8-9H,6H2,1H3,(H,16,17). The van der Waals surface area contributed by atoms with Gasteiger partial charge in [-0.05, 0) is 30.0 Å². The highest BCUT2D eigenvalue weighted by Crippen LogP contribution is 2.21. The fourth-order valence-corrected chi connectivity index (χ4v) is 1.88. The molecule has 1 heterocycles. The maximum absolute atomic E-state index is 8.67. The normalized spacial score (nSPS) is 12.1. The van der Waals surface area contributed by atoms with E-state index in [2.05, 4.69) is 16.9 Å². The average molecular weight is 246 g/mol. The molecule has 1 aromatic carbocycles. The second kappa shape index (κ2) is 5.03. The predicted molar refractivity (Wildman–Crippen MR) is 66.9 cm³/mol.